The summed E-state index contributed by atoms with van der Waals surface area (Å²) in [7, 11) is 0. The van der Waals surface area contributed by atoms with Crippen LogP contribution < -0.4 is 19.1 Å². The van der Waals surface area contributed by atoms with E-state index < -0.39 is 17.7 Å². The number of hydrogen-bond donors (Lipinski definition) is 1. The minimum atomic E-state index is -0.939. The van der Waals surface area contributed by atoms with E-state index in [4.69, 9.17) is 14.2 Å². The number of carbonyl (C=O) groups is 2. The molecule has 5 rings (SSSR count). The molecule has 2 aromatic carbocycles. The van der Waals surface area contributed by atoms with Gasteiger partial charge in [0.15, 0.2) is 11.5 Å². The van der Waals surface area contributed by atoms with Gasteiger partial charge in [-0.3, -0.25) is 14.5 Å². The Morgan fingerprint density at radius 1 is 1.11 bits per heavy atom. The lowest BCUT2D eigenvalue weighted by molar-refractivity contribution is -0.132. The first-order valence-corrected chi connectivity index (χ1v) is 12.9. The number of hydrogen-bond acceptors (Lipinski definition) is 9. The van der Waals surface area contributed by atoms with Crippen LogP contribution >= 0.6 is 11.3 Å². The van der Waals surface area contributed by atoms with Gasteiger partial charge in [0, 0.05) is 12.0 Å². The number of nitrogens with zero attached hydrogens (tertiary/aromatic N) is 3. The lowest BCUT2D eigenvalue weighted by Crippen LogP contribution is -2.29. The maximum Gasteiger partial charge on any atom is 0.301 e. The number of aryl methyl sites for hydroxylation is 1. The van der Waals surface area contributed by atoms with Crippen molar-refractivity contribution in [3.8, 4) is 17.2 Å². The van der Waals surface area contributed by atoms with Crippen molar-refractivity contribution in [1.29, 1.82) is 0 Å². The van der Waals surface area contributed by atoms with E-state index in [1.54, 1.807) is 43.3 Å². The number of ether oxygens (including phenoxy) is 3. The molecule has 1 N–H and O–H groups in total. The predicted molar refractivity (Wildman–Crippen MR) is 138 cm³/mol. The molecular weight excluding hydrogens is 494 g/mol. The summed E-state index contributed by atoms with van der Waals surface area (Å²) in [5.41, 5.74) is 1.90. The zero-order valence-electron chi connectivity index (χ0n) is 21.0. The van der Waals surface area contributed by atoms with Gasteiger partial charge in [-0.15, -0.1) is 10.2 Å². The molecule has 9 nitrogen and oxygen atoms in total. The molecule has 1 saturated heterocycles. The Morgan fingerprint density at radius 2 is 1.86 bits per heavy atom. The van der Waals surface area contributed by atoms with Crippen molar-refractivity contribution in [1.82, 2.24) is 10.2 Å². The van der Waals surface area contributed by atoms with Crippen molar-refractivity contribution in [2.45, 2.75) is 46.3 Å². The number of rotatable bonds is 7. The van der Waals surface area contributed by atoms with Gasteiger partial charge in [0.25, 0.3) is 5.78 Å². The maximum absolute atomic E-state index is 13.4. The van der Waals surface area contributed by atoms with Crippen LogP contribution in [0, 0.1) is 6.92 Å². The second-order valence-electron chi connectivity index (χ2n) is 8.80. The second kappa shape index (κ2) is 9.85. The molecule has 0 saturated carbocycles. The molecule has 2 aliphatic rings. The van der Waals surface area contributed by atoms with Crippen LogP contribution in [0.2, 0.25) is 0 Å². The summed E-state index contributed by atoms with van der Waals surface area (Å²) in [5, 5.41) is 20.5. The number of anilines is 1. The van der Waals surface area contributed by atoms with E-state index in [9.17, 15) is 14.7 Å². The van der Waals surface area contributed by atoms with Crippen LogP contribution in [0.15, 0.2) is 42.0 Å². The van der Waals surface area contributed by atoms with Crippen molar-refractivity contribution < 1.29 is 28.9 Å². The average Bonchev–Trinajstić information content (AvgIpc) is 3.54. The molecule has 0 unspecified atom stereocenters. The minimum Gasteiger partial charge on any atom is -0.507 e. The third-order valence-electron chi connectivity index (χ3n) is 6.22. The highest BCUT2D eigenvalue weighted by molar-refractivity contribution is 7.15. The smallest absolute Gasteiger partial charge is 0.301 e. The topological polar surface area (TPSA) is 111 Å². The summed E-state index contributed by atoms with van der Waals surface area (Å²) in [6.45, 7) is 8.31. The molecule has 37 heavy (non-hydrogen) atoms. The Labute approximate surface area is 218 Å². The summed E-state index contributed by atoms with van der Waals surface area (Å²) < 4.78 is 17.3. The van der Waals surface area contributed by atoms with Crippen LogP contribution in [0.25, 0.3) is 5.76 Å². The molecule has 2 atom stereocenters. The van der Waals surface area contributed by atoms with Gasteiger partial charge in [0.05, 0.1) is 24.8 Å². The number of fused-ring (bicyclic) bond motifs is 1. The van der Waals surface area contributed by atoms with E-state index in [0.29, 0.717) is 47.3 Å². The molecule has 0 spiro atoms. The minimum absolute atomic E-state index is 0.0273. The van der Waals surface area contributed by atoms with Crippen molar-refractivity contribution >= 4 is 33.9 Å². The summed E-state index contributed by atoms with van der Waals surface area (Å²) in [6.07, 6.45) is 0.717. The SMILES string of the molecule is CCOc1ccc([C@H]2C(=C(O)c3ccc4c(c3)C[C@H](C)O4)C(=O)C(=O)N2c2nnc(C)s2)cc1OCC. The highest BCUT2D eigenvalue weighted by Crippen LogP contribution is 2.45. The zero-order valence-corrected chi connectivity index (χ0v) is 21.8. The van der Waals surface area contributed by atoms with Gasteiger partial charge in [-0.1, -0.05) is 17.4 Å². The van der Waals surface area contributed by atoms with Crippen molar-refractivity contribution in [3.63, 3.8) is 0 Å². The molecule has 0 radical (unpaired) electrons. The first kappa shape index (κ1) is 24.8. The molecule has 0 bridgehead atoms. The van der Waals surface area contributed by atoms with E-state index in [1.165, 1.54) is 16.2 Å². The standard InChI is InChI=1S/C27H27N3O6S/c1-5-34-20-10-7-16(13-21(20)35-6-2)23-22(25(32)26(33)30(23)27-29-28-15(4)37-27)24(31)17-8-9-19-18(12-17)11-14(3)36-19/h7-10,12-14,23,31H,5-6,11H2,1-4H3/t14-,23-/m0/s1. The fraction of sp³-hybridized carbons (Fsp3) is 0.333. The second-order valence-corrected chi connectivity index (χ2v) is 9.96. The van der Waals surface area contributed by atoms with Gasteiger partial charge in [0.2, 0.25) is 5.13 Å². The van der Waals surface area contributed by atoms with E-state index in [1.807, 2.05) is 20.8 Å². The average molecular weight is 522 g/mol. The molecule has 10 heteroatoms. The van der Waals surface area contributed by atoms with E-state index in [-0.39, 0.29) is 22.6 Å². The quantitative estimate of drug-likeness (QED) is 0.273. The van der Waals surface area contributed by atoms with Gasteiger partial charge < -0.3 is 19.3 Å². The van der Waals surface area contributed by atoms with Crippen LogP contribution in [-0.2, 0) is 16.0 Å². The number of carbonyl (C=O) groups excluding carboxylic acids is 2. The predicted octanol–water partition coefficient (Wildman–Crippen LogP) is 4.59. The number of amides is 1. The van der Waals surface area contributed by atoms with E-state index in [0.717, 1.165) is 11.3 Å². The monoisotopic (exact) mass is 521 g/mol. The molecular formula is C27H27N3O6S. The van der Waals surface area contributed by atoms with Crippen LogP contribution in [0.4, 0.5) is 5.13 Å². The van der Waals surface area contributed by atoms with Gasteiger partial charge in [0.1, 0.15) is 22.6 Å². The number of benzene rings is 2. The van der Waals surface area contributed by atoms with Crippen molar-refractivity contribution in [2.24, 2.45) is 0 Å². The molecule has 3 aromatic rings. The third kappa shape index (κ3) is 4.42. The molecule has 0 aliphatic carbocycles. The normalized spacial score (nSPS) is 20.2. The largest absolute Gasteiger partial charge is 0.507 e. The molecule has 1 fully saturated rings. The van der Waals surface area contributed by atoms with Gasteiger partial charge in [-0.25, -0.2) is 0 Å². The van der Waals surface area contributed by atoms with Crippen LogP contribution in [0.3, 0.4) is 0 Å². The first-order chi connectivity index (χ1) is 17.8. The zero-order chi connectivity index (χ0) is 26.3. The molecule has 192 valence electrons. The molecule has 3 heterocycles. The highest BCUT2D eigenvalue weighted by atomic mass is 32.1. The van der Waals surface area contributed by atoms with Crippen LogP contribution in [-0.4, -0.2) is 46.3 Å². The van der Waals surface area contributed by atoms with E-state index >= 15 is 0 Å². The van der Waals surface area contributed by atoms with Crippen LogP contribution in [0.1, 0.15) is 48.5 Å². The van der Waals surface area contributed by atoms with E-state index in [2.05, 4.69) is 10.2 Å². The third-order valence-corrected chi connectivity index (χ3v) is 7.06. The number of ketones is 1. The molecule has 2 aliphatic heterocycles. The number of aromatic nitrogens is 2. The Bertz CT molecular complexity index is 1410. The Balaban J connectivity index is 1.69. The first-order valence-electron chi connectivity index (χ1n) is 12.1. The van der Waals surface area contributed by atoms with Crippen molar-refractivity contribution in [3.05, 3.63) is 63.7 Å². The van der Waals surface area contributed by atoms with Crippen molar-refractivity contribution in [2.75, 3.05) is 18.1 Å². The fourth-order valence-corrected chi connectivity index (χ4v) is 5.41. The summed E-state index contributed by atoms with van der Waals surface area (Å²) in [6, 6.07) is 9.56. The number of aliphatic hydroxyl groups excluding tert-OH is 1. The lowest BCUT2D eigenvalue weighted by Gasteiger charge is -2.23. The highest BCUT2D eigenvalue weighted by Gasteiger charge is 2.48. The number of Topliss-reactive ketones (excluding diaryl/α,β-unsaturated/α-hetero) is 1. The molecule has 1 amide bonds. The summed E-state index contributed by atoms with van der Waals surface area (Å²) >= 11 is 1.19. The van der Waals surface area contributed by atoms with Gasteiger partial charge >= 0.3 is 5.91 Å². The lowest BCUT2D eigenvalue weighted by atomic mass is 9.94. The molecule has 1 aromatic heterocycles. The Morgan fingerprint density at radius 3 is 2.57 bits per heavy atom. The Hall–Kier alpha value is -3.92. The van der Waals surface area contributed by atoms with Crippen LogP contribution in [0.5, 0.6) is 17.2 Å². The Kier molecular flexibility index (Phi) is 6.59. The number of aliphatic hydroxyl groups is 1. The fourth-order valence-electron chi connectivity index (χ4n) is 4.69. The summed E-state index contributed by atoms with van der Waals surface area (Å²) in [5.74, 6) is -0.0754. The maximum atomic E-state index is 13.4. The van der Waals surface area contributed by atoms with Gasteiger partial charge in [-0.05, 0) is 69.2 Å². The van der Waals surface area contributed by atoms with Gasteiger partial charge in [-0.2, -0.15) is 0 Å². The summed E-state index contributed by atoms with van der Waals surface area (Å²) in [4.78, 5) is 28.1.